The van der Waals surface area contributed by atoms with Crippen LogP contribution in [-0.4, -0.2) is 12.4 Å². The van der Waals surface area contributed by atoms with Gasteiger partial charge in [0.15, 0.2) is 12.4 Å². The van der Waals surface area contributed by atoms with E-state index in [4.69, 9.17) is 10.5 Å². The third kappa shape index (κ3) is 3.08. The number of ketones is 1. The van der Waals surface area contributed by atoms with Crippen LogP contribution in [0.15, 0.2) is 54.6 Å². The van der Waals surface area contributed by atoms with Gasteiger partial charge in [-0.05, 0) is 12.1 Å². The van der Waals surface area contributed by atoms with Crippen LogP contribution in [0.5, 0.6) is 5.75 Å². The smallest absolute Gasteiger partial charge is 0.200 e. The quantitative estimate of drug-likeness (QED) is 0.645. The molecule has 3 heteroatoms. The minimum absolute atomic E-state index is 0.0213. The van der Waals surface area contributed by atoms with E-state index in [1.165, 1.54) is 0 Å². The summed E-state index contributed by atoms with van der Waals surface area (Å²) in [7, 11) is 0. The van der Waals surface area contributed by atoms with Gasteiger partial charge in [0.05, 0.1) is 0 Å². The van der Waals surface area contributed by atoms with Crippen molar-refractivity contribution in [3.8, 4) is 5.75 Å². The maximum atomic E-state index is 11.7. The Morgan fingerprint density at radius 1 is 1.06 bits per heavy atom. The number of nitrogen functional groups attached to an aromatic ring is 1. The second kappa shape index (κ2) is 5.16. The fraction of sp³-hybridized carbons (Fsp3) is 0.0714. The molecule has 0 amide bonds. The van der Waals surface area contributed by atoms with Gasteiger partial charge in [-0.25, -0.2) is 0 Å². The summed E-state index contributed by atoms with van der Waals surface area (Å²) in [5.74, 6) is 0.558. The Kier molecular flexibility index (Phi) is 3.40. The average molecular weight is 227 g/mol. The van der Waals surface area contributed by atoms with Crippen LogP contribution in [0.1, 0.15) is 10.4 Å². The molecule has 17 heavy (non-hydrogen) atoms. The van der Waals surface area contributed by atoms with Gasteiger partial charge in [-0.3, -0.25) is 4.79 Å². The van der Waals surface area contributed by atoms with Crippen molar-refractivity contribution in [1.82, 2.24) is 0 Å². The lowest BCUT2D eigenvalue weighted by Gasteiger charge is -2.05. The van der Waals surface area contributed by atoms with E-state index in [1.807, 2.05) is 18.2 Å². The van der Waals surface area contributed by atoms with E-state index in [0.717, 1.165) is 0 Å². The Labute approximate surface area is 99.8 Å². The standard InChI is InChI=1S/C14H13NO2/c15-12-7-4-8-13(9-12)17-10-14(16)11-5-2-1-3-6-11/h1-9H,10,15H2. The molecule has 0 fully saturated rings. The molecule has 3 nitrogen and oxygen atoms in total. The normalized spacial score (nSPS) is 9.88. The zero-order chi connectivity index (χ0) is 12.1. The van der Waals surface area contributed by atoms with E-state index in [0.29, 0.717) is 17.0 Å². The van der Waals surface area contributed by atoms with Crippen LogP contribution in [0.3, 0.4) is 0 Å². The Bertz CT molecular complexity index is 509. The summed E-state index contributed by atoms with van der Waals surface area (Å²) in [6, 6.07) is 16.1. The molecule has 0 bridgehead atoms. The molecule has 2 N–H and O–H groups in total. The second-order valence-electron chi connectivity index (χ2n) is 3.65. The Morgan fingerprint density at radius 3 is 2.53 bits per heavy atom. The van der Waals surface area contributed by atoms with E-state index in [1.54, 1.807) is 36.4 Å². The topological polar surface area (TPSA) is 52.3 Å². The van der Waals surface area contributed by atoms with Crippen molar-refractivity contribution < 1.29 is 9.53 Å². The van der Waals surface area contributed by atoms with Crippen LogP contribution in [0, 0.1) is 0 Å². The molecular formula is C14H13NO2. The number of rotatable bonds is 4. The highest BCUT2D eigenvalue weighted by molar-refractivity contribution is 5.97. The molecule has 0 atom stereocenters. The SMILES string of the molecule is Nc1cccc(OCC(=O)c2ccccc2)c1. The second-order valence-corrected chi connectivity index (χ2v) is 3.65. The summed E-state index contributed by atoms with van der Waals surface area (Å²) in [6.07, 6.45) is 0. The molecule has 0 radical (unpaired) electrons. The summed E-state index contributed by atoms with van der Waals surface area (Å²) in [4.78, 5) is 11.7. The van der Waals surface area contributed by atoms with Gasteiger partial charge in [0.1, 0.15) is 5.75 Å². The Hall–Kier alpha value is -2.29. The Balaban J connectivity index is 1.97. The highest BCUT2D eigenvalue weighted by Crippen LogP contribution is 2.14. The molecule has 0 aliphatic carbocycles. The minimum atomic E-state index is -0.0481. The van der Waals surface area contributed by atoms with Crippen molar-refractivity contribution in [3.05, 3.63) is 60.2 Å². The van der Waals surface area contributed by atoms with E-state index in [2.05, 4.69) is 0 Å². The fourth-order valence-electron chi connectivity index (χ4n) is 1.46. The number of ether oxygens (including phenoxy) is 1. The first-order chi connectivity index (χ1) is 8.25. The van der Waals surface area contributed by atoms with Crippen molar-refractivity contribution in [2.45, 2.75) is 0 Å². The monoisotopic (exact) mass is 227 g/mol. The molecule has 0 spiro atoms. The summed E-state index contributed by atoms with van der Waals surface area (Å²) in [5, 5.41) is 0. The van der Waals surface area contributed by atoms with Gasteiger partial charge < -0.3 is 10.5 Å². The molecule has 2 aromatic carbocycles. The lowest BCUT2D eigenvalue weighted by molar-refractivity contribution is 0.0921. The number of carbonyl (C=O) groups is 1. The van der Waals surface area contributed by atoms with Gasteiger partial charge in [-0.2, -0.15) is 0 Å². The maximum absolute atomic E-state index is 11.7. The Morgan fingerprint density at radius 2 is 1.82 bits per heavy atom. The number of Topliss-reactive ketones (excluding diaryl/α,β-unsaturated/α-hetero) is 1. The number of nitrogens with two attached hydrogens (primary N) is 1. The van der Waals surface area contributed by atoms with E-state index in [-0.39, 0.29) is 12.4 Å². The predicted octanol–water partition coefficient (Wildman–Crippen LogP) is 2.53. The molecule has 0 saturated carbocycles. The zero-order valence-electron chi connectivity index (χ0n) is 9.30. The van der Waals surface area contributed by atoms with E-state index < -0.39 is 0 Å². The van der Waals surface area contributed by atoms with Gasteiger partial charge in [0.25, 0.3) is 0 Å². The first kappa shape index (κ1) is 11.2. The molecule has 2 aromatic rings. The van der Waals surface area contributed by atoms with Crippen molar-refractivity contribution in [3.63, 3.8) is 0 Å². The third-order valence-electron chi connectivity index (χ3n) is 2.32. The van der Waals surface area contributed by atoms with Crippen molar-refractivity contribution >= 4 is 11.5 Å². The highest BCUT2D eigenvalue weighted by atomic mass is 16.5. The first-order valence-corrected chi connectivity index (χ1v) is 5.32. The highest BCUT2D eigenvalue weighted by Gasteiger charge is 2.05. The number of carbonyl (C=O) groups excluding carboxylic acids is 1. The minimum Gasteiger partial charge on any atom is -0.485 e. The van der Waals surface area contributed by atoms with Gasteiger partial charge in [0, 0.05) is 17.3 Å². The molecule has 0 aliphatic rings. The van der Waals surface area contributed by atoms with Gasteiger partial charge in [-0.1, -0.05) is 36.4 Å². The zero-order valence-corrected chi connectivity index (χ0v) is 9.30. The predicted molar refractivity (Wildman–Crippen MR) is 67.1 cm³/mol. The number of anilines is 1. The summed E-state index contributed by atoms with van der Waals surface area (Å²) in [5.41, 5.74) is 6.88. The van der Waals surface area contributed by atoms with Crippen LogP contribution in [0.4, 0.5) is 5.69 Å². The molecule has 0 aliphatic heterocycles. The van der Waals surface area contributed by atoms with Crippen LogP contribution in [0.25, 0.3) is 0 Å². The molecule has 0 saturated heterocycles. The summed E-state index contributed by atoms with van der Waals surface area (Å²) < 4.78 is 5.37. The first-order valence-electron chi connectivity index (χ1n) is 5.32. The van der Waals surface area contributed by atoms with Gasteiger partial charge in [-0.15, -0.1) is 0 Å². The van der Waals surface area contributed by atoms with Crippen LogP contribution >= 0.6 is 0 Å². The largest absolute Gasteiger partial charge is 0.485 e. The fourth-order valence-corrected chi connectivity index (χ4v) is 1.46. The average Bonchev–Trinajstić information content (AvgIpc) is 2.37. The molecule has 0 heterocycles. The lowest BCUT2D eigenvalue weighted by atomic mass is 10.1. The molecule has 0 unspecified atom stereocenters. The van der Waals surface area contributed by atoms with Gasteiger partial charge >= 0.3 is 0 Å². The summed E-state index contributed by atoms with van der Waals surface area (Å²) in [6.45, 7) is 0.0213. The van der Waals surface area contributed by atoms with E-state index in [9.17, 15) is 4.79 Å². The number of hydrogen-bond acceptors (Lipinski definition) is 3. The third-order valence-corrected chi connectivity index (χ3v) is 2.32. The molecule has 0 aromatic heterocycles. The number of hydrogen-bond donors (Lipinski definition) is 1. The van der Waals surface area contributed by atoms with Crippen molar-refractivity contribution in [2.24, 2.45) is 0 Å². The lowest BCUT2D eigenvalue weighted by Crippen LogP contribution is -2.11. The number of benzene rings is 2. The van der Waals surface area contributed by atoms with Crippen LogP contribution < -0.4 is 10.5 Å². The van der Waals surface area contributed by atoms with E-state index >= 15 is 0 Å². The van der Waals surface area contributed by atoms with Crippen LogP contribution in [0.2, 0.25) is 0 Å². The van der Waals surface area contributed by atoms with Crippen molar-refractivity contribution in [2.75, 3.05) is 12.3 Å². The molecule has 86 valence electrons. The maximum Gasteiger partial charge on any atom is 0.200 e. The molecular weight excluding hydrogens is 214 g/mol. The summed E-state index contributed by atoms with van der Waals surface area (Å²) >= 11 is 0. The van der Waals surface area contributed by atoms with Crippen LogP contribution in [-0.2, 0) is 0 Å². The van der Waals surface area contributed by atoms with Gasteiger partial charge in [0.2, 0.25) is 0 Å². The molecule has 2 rings (SSSR count). The van der Waals surface area contributed by atoms with Crippen molar-refractivity contribution in [1.29, 1.82) is 0 Å².